The van der Waals surface area contributed by atoms with Crippen molar-refractivity contribution >= 4 is 22.0 Å². The second kappa shape index (κ2) is 11.3. The molecule has 2 amide bonds. The highest BCUT2D eigenvalue weighted by Gasteiger charge is 2.25. The molecule has 0 saturated carbocycles. The first-order chi connectivity index (χ1) is 11.8. The quantitative estimate of drug-likeness (QED) is 0.440. The third-order valence-electron chi connectivity index (χ3n) is 4.16. The predicted molar refractivity (Wildman–Crippen MR) is 95.7 cm³/mol. The number of nitrogens with one attached hydrogen (secondary N) is 2. The van der Waals surface area contributed by atoms with Crippen molar-refractivity contribution in [2.75, 3.05) is 32.5 Å². The number of nitrogens with zero attached hydrogens (tertiary/aromatic N) is 1. The van der Waals surface area contributed by atoms with E-state index in [1.165, 1.54) is 10.6 Å². The Morgan fingerprint density at radius 3 is 2.36 bits per heavy atom. The Bertz CT molecular complexity index is 516. The maximum Gasteiger partial charge on any atom is 0.315 e. The fraction of sp³-hybridized carbons (Fsp3) is 0.875. The SMILES string of the molecule is CCOC(=O)CCCCCCNC(=O)NC1CCN(S(C)(=O)=O)CC1. The van der Waals surface area contributed by atoms with Crippen LogP contribution in [0.15, 0.2) is 0 Å². The zero-order valence-corrected chi connectivity index (χ0v) is 16.1. The minimum absolute atomic E-state index is 0.0163. The van der Waals surface area contributed by atoms with Crippen LogP contribution in [0.5, 0.6) is 0 Å². The number of hydrogen-bond acceptors (Lipinski definition) is 5. The minimum atomic E-state index is -3.14. The van der Waals surface area contributed by atoms with E-state index in [2.05, 4.69) is 10.6 Å². The molecule has 0 radical (unpaired) electrons. The maximum atomic E-state index is 11.8. The van der Waals surface area contributed by atoms with E-state index in [-0.39, 0.29) is 18.0 Å². The Hall–Kier alpha value is -1.35. The molecule has 0 aromatic heterocycles. The summed E-state index contributed by atoms with van der Waals surface area (Å²) in [7, 11) is -3.14. The number of piperidine rings is 1. The van der Waals surface area contributed by atoms with E-state index < -0.39 is 10.0 Å². The minimum Gasteiger partial charge on any atom is -0.466 e. The molecule has 0 aromatic rings. The molecule has 25 heavy (non-hydrogen) atoms. The lowest BCUT2D eigenvalue weighted by molar-refractivity contribution is -0.143. The van der Waals surface area contributed by atoms with Gasteiger partial charge in [0.15, 0.2) is 0 Å². The number of hydrogen-bond donors (Lipinski definition) is 2. The van der Waals surface area contributed by atoms with Gasteiger partial charge in [-0.05, 0) is 32.6 Å². The number of carbonyl (C=O) groups excluding carboxylic acids is 2. The average molecular weight is 378 g/mol. The zero-order valence-electron chi connectivity index (χ0n) is 15.3. The van der Waals surface area contributed by atoms with Crippen LogP contribution >= 0.6 is 0 Å². The largest absolute Gasteiger partial charge is 0.466 e. The summed E-state index contributed by atoms with van der Waals surface area (Å²) in [5.74, 6) is -0.151. The van der Waals surface area contributed by atoms with Crippen LogP contribution < -0.4 is 10.6 Å². The first-order valence-corrected chi connectivity index (χ1v) is 10.8. The first kappa shape index (κ1) is 21.7. The first-order valence-electron chi connectivity index (χ1n) is 8.98. The number of rotatable bonds is 10. The molecule has 2 N–H and O–H groups in total. The van der Waals surface area contributed by atoms with E-state index in [4.69, 9.17) is 4.74 Å². The van der Waals surface area contributed by atoms with Gasteiger partial charge in [-0.15, -0.1) is 0 Å². The van der Waals surface area contributed by atoms with Crippen LogP contribution in [0, 0.1) is 0 Å². The van der Waals surface area contributed by atoms with Crippen LogP contribution in [0.25, 0.3) is 0 Å². The molecular weight excluding hydrogens is 346 g/mol. The van der Waals surface area contributed by atoms with E-state index in [9.17, 15) is 18.0 Å². The van der Waals surface area contributed by atoms with Gasteiger partial charge in [-0.1, -0.05) is 12.8 Å². The highest BCUT2D eigenvalue weighted by molar-refractivity contribution is 7.88. The van der Waals surface area contributed by atoms with Crippen LogP contribution in [-0.2, 0) is 19.6 Å². The Morgan fingerprint density at radius 1 is 1.12 bits per heavy atom. The maximum absolute atomic E-state index is 11.8. The van der Waals surface area contributed by atoms with Gasteiger partial charge < -0.3 is 15.4 Å². The molecule has 0 unspecified atom stereocenters. The van der Waals surface area contributed by atoms with Crippen molar-refractivity contribution in [3.63, 3.8) is 0 Å². The third-order valence-corrected chi connectivity index (χ3v) is 5.46. The molecule has 1 saturated heterocycles. The molecule has 1 aliphatic rings. The molecule has 0 aliphatic carbocycles. The van der Waals surface area contributed by atoms with Crippen LogP contribution in [0.3, 0.4) is 0 Å². The summed E-state index contributed by atoms with van der Waals surface area (Å²) in [5.41, 5.74) is 0. The van der Waals surface area contributed by atoms with Crippen molar-refractivity contribution in [3.8, 4) is 0 Å². The molecule has 1 heterocycles. The standard InChI is InChI=1S/C16H31N3O5S/c1-3-24-15(20)8-6-4-5-7-11-17-16(21)18-14-9-12-19(13-10-14)25(2,22)23/h14H,3-13H2,1-2H3,(H2,17,18,21). The third kappa shape index (κ3) is 9.64. The summed E-state index contributed by atoms with van der Waals surface area (Å²) >= 11 is 0. The molecule has 1 aliphatic heterocycles. The Labute approximate surface area is 150 Å². The van der Waals surface area contributed by atoms with E-state index in [1.54, 1.807) is 6.92 Å². The topological polar surface area (TPSA) is 105 Å². The van der Waals surface area contributed by atoms with Gasteiger partial charge in [-0.3, -0.25) is 4.79 Å². The second-order valence-electron chi connectivity index (χ2n) is 6.31. The summed E-state index contributed by atoms with van der Waals surface area (Å²) in [6.45, 7) is 3.71. The molecule has 0 aromatic carbocycles. The van der Waals surface area contributed by atoms with Gasteiger partial charge in [-0.25, -0.2) is 17.5 Å². The van der Waals surface area contributed by atoms with Crippen molar-refractivity contribution < 1.29 is 22.7 Å². The van der Waals surface area contributed by atoms with Gasteiger partial charge in [0.1, 0.15) is 0 Å². The van der Waals surface area contributed by atoms with Crippen LogP contribution in [-0.4, -0.2) is 63.3 Å². The van der Waals surface area contributed by atoms with Gasteiger partial charge in [0.2, 0.25) is 10.0 Å². The summed E-state index contributed by atoms with van der Waals surface area (Å²) < 4.78 is 29.2. The molecule has 0 atom stereocenters. The molecule has 146 valence electrons. The van der Waals surface area contributed by atoms with Crippen LogP contribution in [0.1, 0.15) is 51.9 Å². The van der Waals surface area contributed by atoms with Gasteiger partial charge in [-0.2, -0.15) is 0 Å². The number of esters is 1. The fourth-order valence-electron chi connectivity index (χ4n) is 2.75. The summed E-state index contributed by atoms with van der Waals surface area (Å²) in [6, 6.07) is -0.188. The molecular formula is C16H31N3O5S. The van der Waals surface area contributed by atoms with E-state index in [0.717, 1.165) is 25.7 Å². The lowest BCUT2D eigenvalue weighted by Gasteiger charge is -2.30. The molecule has 0 spiro atoms. The summed E-state index contributed by atoms with van der Waals surface area (Å²) in [4.78, 5) is 23.0. The normalized spacial score (nSPS) is 16.4. The Balaban J connectivity index is 2.02. The number of amides is 2. The van der Waals surface area contributed by atoms with Crippen molar-refractivity contribution in [2.24, 2.45) is 0 Å². The zero-order chi connectivity index (χ0) is 18.7. The Morgan fingerprint density at radius 2 is 1.76 bits per heavy atom. The van der Waals surface area contributed by atoms with Gasteiger partial charge in [0, 0.05) is 32.1 Å². The number of sulfonamides is 1. The molecule has 1 fully saturated rings. The van der Waals surface area contributed by atoms with Crippen molar-refractivity contribution in [1.29, 1.82) is 0 Å². The smallest absolute Gasteiger partial charge is 0.315 e. The van der Waals surface area contributed by atoms with E-state index in [0.29, 0.717) is 45.5 Å². The van der Waals surface area contributed by atoms with Crippen molar-refractivity contribution in [2.45, 2.75) is 57.9 Å². The molecule has 8 nitrogen and oxygen atoms in total. The molecule has 0 bridgehead atoms. The number of unbranched alkanes of at least 4 members (excludes halogenated alkanes) is 3. The van der Waals surface area contributed by atoms with Crippen LogP contribution in [0.4, 0.5) is 4.79 Å². The predicted octanol–water partition coefficient (Wildman–Crippen LogP) is 1.22. The average Bonchev–Trinajstić information content (AvgIpc) is 2.54. The van der Waals surface area contributed by atoms with Gasteiger partial charge in [0.25, 0.3) is 0 Å². The second-order valence-corrected chi connectivity index (χ2v) is 8.29. The van der Waals surface area contributed by atoms with Crippen molar-refractivity contribution in [3.05, 3.63) is 0 Å². The highest BCUT2D eigenvalue weighted by atomic mass is 32.2. The van der Waals surface area contributed by atoms with Crippen molar-refractivity contribution in [1.82, 2.24) is 14.9 Å². The number of carbonyl (C=O) groups is 2. The van der Waals surface area contributed by atoms with E-state index in [1.807, 2.05) is 0 Å². The number of urea groups is 1. The highest BCUT2D eigenvalue weighted by Crippen LogP contribution is 2.13. The molecule has 9 heteroatoms. The Kier molecular flexibility index (Phi) is 9.81. The summed E-state index contributed by atoms with van der Waals surface area (Å²) in [6.07, 6.45) is 6.49. The van der Waals surface area contributed by atoms with Gasteiger partial charge in [0.05, 0.1) is 12.9 Å². The summed E-state index contributed by atoms with van der Waals surface area (Å²) in [5, 5.41) is 5.71. The number of ether oxygens (including phenoxy) is 1. The lowest BCUT2D eigenvalue weighted by Crippen LogP contribution is -2.49. The van der Waals surface area contributed by atoms with Crippen LogP contribution in [0.2, 0.25) is 0 Å². The lowest BCUT2D eigenvalue weighted by atomic mass is 10.1. The van der Waals surface area contributed by atoms with Gasteiger partial charge >= 0.3 is 12.0 Å². The monoisotopic (exact) mass is 377 g/mol. The van der Waals surface area contributed by atoms with E-state index >= 15 is 0 Å². The molecule has 1 rings (SSSR count). The fourth-order valence-corrected chi connectivity index (χ4v) is 3.63.